The molecular formula is C18H13ClN4OS. The molecule has 7 heteroatoms. The second-order valence-corrected chi connectivity index (χ2v) is 6.61. The van der Waals surface area contributed by atoms with Crippen molar-refractivity contribution in [1.82, 2.24) is 19.8 Å². The molecule has 2 aromatic carbocycles. The largest absolute Gasteiger partial charge is 0.496 e. The molecule has 5 nitrogen and oxygen atoms in total. The fraction of sp³-hybridized carbons (Fsp3) is 0.0556. The smallest absolute Gasteiger partial charge is 0.235 e. The number of aromatic nitrogens is 4. The molecule has 0 saturated carbocycles. The number of hydrogen-bond acceptors (Lipinski definition) is 5. The molecule has 0 spiro atoms. The van der Waals surface area contributed by atoms with Crippen molar-refractivity contribution in [3.63, 3.8) is 0 Å². The molecule has 0 radical (unpaired) electrons. The van der Waals surface area contributed by atoms with E-state index in [0.717, 1.165) is 26.8 Å². The van der Waals surface area contributed by atoms with Gasteiger partial charge < -0.3 is 4.74 Å². The number of fused-ring (bicyclic) bond motifs is 1. The van der Waals surface area contributed by atoms with Crippen LogP contribution in [-0.2, 0) is 0 Å². The zero-order chi connectivity index (χ0) is 17.2. The van der Waals surface area contributed by atoms with Crippen molar-refractivity contribution >= 4 is 40.1 Å². The highest BCUT2D eigenvalue weighted by Gasteiger charge is 2.14. The summed E-state index contributed by atoms with van der Waals surface area (Å²) < 4.78 is 7.07. The van der Waals surface area contributed by atoms with Crippen LogP contribution in [0.5, 0.6) is 5.75 Å². The maximum Gasteiger partial charge on any atom is 0.235 e. The number of halogens is 1. The summed E-state index contributed by atoms with van der Waals surface area (Å²) in [4.78, 5) is 0.717. The standard InChI is InChI=1S/C18H13ClN4OS/c1-24-15-9-5-2-6-12(15)10-11-16-22-23-17(20-21-18(23)25-16)13-7-3-4-8-14(13)19/h2-11H,1H3/b11-10+. The predicted octanol–water partition coefficient (Wildman–Crippen LogP) is 4.69. The molecule has 124 valence electrons. The van der Waals surface area contributed by atoms with E-state index < -0.39 is 0 Å². The first kappa shape index (κ1) is 15.8. The summed E-state index contributed by atoms with van der Waals surface area (Å²) >= 11 is 7.72. The first-order valence-electron chi connectivity index (χ1n) is 7.54. The summed E-state index contributed by atoms with van der Waals surface area (Å²) in [6, 6.07) is 15.4. The number of methoxy groups -OCH3 is 1. The number of rotatable bonds is 4. The Hall–Kier alpha value is -2.70. The Bertz CT molecular complexity index is 1070. The highest BCUT2D eigenvalue weighted by molar-refractivity contribution is 7.17. The minimum absolute atomic E-state index is 0.621. The van der Waals surface area contributed by atoms with E-state index in [2.05, 4.69) is 15.3 Å². The van der Waals surface area contributed by atoms with Gasteiger partial charge in [0.2, 0.25) is 4.96 Å². The number of benzene rings is 2. The van der Waals surface area contributed by atoms with Crippen molar-refractivity contribution in [2.45, 2.75) is 0 Å². The van der Waals surface area contributed by atoms with Gasteiger partial charge >= 0.3 is 0 Å². The molecule has 0 aliphatic heterocycles. The van der Waals surface area contributed by atoms with Crippen molar-refractivity contribution in [3.05, 3.63) is 64.1 Å². The zero-order valence-electron chi connectivity index (χ0n) is 13.3. The van der Waals surface area contributed by atoms with E-state index in [1.165, 1.54) is 11.3 Å². The first-order valence-corrected chi connectivity index (χ1v) is 8.74. The van der Waals surface area contributed by atoms with E-state index in [0.29, 0.717) is 10.8 Å². The van der Waals surface area contributed by atoms with E-state index >= 15 is 0 Å². The second kappa shape index (κ2) is 6.66. The Labute approximate surface area is 153 Å². The van der Waals surface area contributed by atoms with Gasteiger partial charge in [0.05, 0.1) is 12.1 Å². The van der Waals surface area contributed by atoms with Gasteiger partial charge in [-0.25, -0.2) is 0 Å². The SMILES string of the molecule is COc1ccccc1/C=C/c1nn2c(-c3ccccc3Cl)nnc2s1. The summed E-state index contributed by atoms with van der Waals surface area (Å²) in [7, 11) is 1.66. The normalized spacial score (nSPS) is 11.4. The fourth-order valence-electron chi connectivity index (χ4n) is 2.47. The van der Waals surface area contributed by atoms with Crippen LogP contribution in [0.4, 0.5) is 0 Å². The van der Waals surface area contributed by atoms with Gasteiger partial charge in [0.15, 0.2) is 5.82 Å². The van der Waals surface area contributed by atoms with Gasteiger partial charge in [-0.15, -0.1) is 10.2 Å². The summed E-state index contributed by atoms with van der Waals surface area (Å²) in [5.74, 6) is 1.45. The van der Waals surface area contributed by atoms with Gasteiger partial charge in [-0.3, -0.25) is 0 Å². The highest BCUT2D eigenvalue weighted by atomic mass is 35.5. The van der Waals surface area contributed by atoms with Crippen LogP contribution in [0, 0.1) is 0 Å². The fourth-order valence-corrected chi connectivity index (χ4v) is 3.44. The van der Waals surface area contributed by atoms with Crippen LogP contribution in [0.3, 0.4) is 0 Å². The lowest BCUT2D eigenvalue weighted by Gasteiger charge is -2.02. The zero-order valence-corrected chi connectivity index (χ0v) is 14.8. The number of nitrogens with zero attached hydrogens (tertiary/aromatic N) is 4. The molecule has 0 bridgehead atoms. The van der Waals surface area contributed by atoms with E-state index in [1.807, 2.05) is 60.7 Å². The predicted molar refractivity (Wildman–Crippen MR) is 101 cm³/mol. The van der Waals surface area contributed by atoms with Gasteiger partial charge in [0.1, 0.15) is 10.8 Å². The summed E-state index contributed by atoms with van der Waals surface area (Å²) in [6.07, 6.45) is 3.91. The van der Waals surface area contributed by atoms with Crippen LogP contribution in [0.25, 0.3) is 28.5 Å². The molecule has 0 N–H and O–H groups in total. The van der Waals surface area contributed by atoms with E-state index in [-0.39, 0.29) is 0 Å². The van der Waals surface area contributed by atoms with Gasteiger partial charge in [0, 0.05) is 11.1 Å². The Morgan fingerprint density at radius 2 is 1.84 bits per heavy atom. The third kappa shape index (κ3) is 3.01. The van der Waals surface area contributed by atoms with Crippen LogP contribution < -0.4 is 4.74 Å². The van der Waals surface area contributed by atoms with Crippen molar-refractivity contribution in [1.29, 1.82) is 0 Å². The molecule has 0 saturated heterocycles. The first-order chi connectivity index (χ1) is 12.3. The topological polar surface area (TPSA) is 52.3 Å². The van der Waals surface area contributed by atoms with Crippen molar-refractivity contribution in [2.24, 2.45) is 0 Å². The van der Waals surface area contributed by atoms with E-state index in [9.17, 15) is 0 Å². The average molecular weight is 369 g/mol. The summed E-state index contributed by atoms with van der Waals surface area (Å²) in [5, 5.41) is 14.4. The van der Waals surface area contributed by atoms with Crippen molar-refractivity contribution < 1.29 is 4.74 Å². The highest BCUT2D eigenvalue weighted by Crippen LogP contribution is 2.28. The van der Waals surface area contributed by atoms with E-state index in [4.69, 9.17) is 16.3 Å². The lowest BCUT2D eigenvalue weighted by molar-refractivity contribution is 0.414. The molecular weight excluding hydrogens is 356 g/mol. The maximum atomic E-state index is 6.26. The third-order valence-electron chi connectivity index (χ3n) is 3.67. The number of hydrogen-bond donors (Lipinski definition) is 0. The molecule has 0 unspecified atom stereocenters. The molecule has 2 aromatic heterocycles. The minimum atomic E-state index is 0.621. The lowest BCUT2D eigenvalue weighted by atomic mass is 10.2. The maximum absolute atomic E-state index is 6.26. The Morgan fingerprint density at radius 1 is 1.04 bits per heavy atom. The molecule has 2 heterocycles. The van der Waals surface area contributed by atoms with Gasteiger partial charge in [-0.05, 0) is 30.4 Å². The Balaban J connectivity index is 1.71. The minimum Gasteiger partial charge on any atom is -0.496 e. The molecule has 0 amide bonds. The van der Waals surface area contributed by atoms with Gasteiger partial charge in [-0.2, -0.15) is 9.61 Å². The molecule has 0 aliphatic rings. The second-order valence-electron chi connectivity index (χ2n) is 5.21. The molecule has 0 fully saturated rings. The van der Waals surface area contributed by atoms with Crippen LogP contribution >= 0.6 is 22.9 Å². The molecule has 4 aromatic rings. The molecule has 25 heavy (non-hydrogen) atoms. The van der Waals surface area contributed by atoms with Gasteiger partial charge in [-0.1, -0.05) is 53.3 Å². The molecule has 0 aliphatic carbocycles. The van der Waals surface area contributed by atoms with Crippen LogP contribution in [0.15, 0.2) is 48.5 Å². The third-order valence-corrected chi connectivity index (χ3v) is 4.86. The lowest BCUT2D eigenvalue weighted by Crippen LogP contribution is -1.91. The quantitative estimate of drug-likeness (QED) is 0.524. The van der Waals surface area contributed by atoms with Gasteiger partial charge in [0.25, 0.3) is 0 Å². The van der Waals surface area contributed by atoms with Crippen LogP contribution in [0.1, 0.15) is 10.6 Å². The van der Waals surface area contributed by atoms with Crippen LogP contribution in [0.2, 0.25) is 5.02 Å². The Morgan fingerprint density at radius 3 is 2.68 bits per heavy atom. The summed E-state index contributed by atoms with van der Waals surface area (Å²) in [5.41, 5.74) is 1.80. The van der Waals surface area contributed by atoms with E-state index in [1.54, 1.807) is 11.6 Å². The van der Waals surface area contributed by atoms with Crippen LogP contribution in [-0.4, -0.2) is 26.9 Å². The number of ether oxygens (including phenoxy) is 1. The average Bonchev–Trinajstić information content (AvgIpc) is 3.21. The monoisotopic (exact) mass is 368 g/mol. The van der Waals surface area contributed by atoms with Crippen molar-refractivity contribution in [3.8, 4) is 17.1 Å². The Kier molecular flexibility index (Phi) is 4.21. The van der Waals surface area contributed by atoms with Crippen molar-refractivity contribution in [2.75, 3.05) is 7.11 Å². The number of para-hydroxylation sites is 1. The molecule has 4 rings (SSSR count). The molecule has 0 atom stereocenters. The summed E-state index contributed by atoms with van der Waals surface area (Å²) in [6.45, 7) is 0.